The number of furan rings is 2. The Morgan fingerprint density at radius 3 is 2.31 bits per heavy atom. The number of nitrogens with zero attached hydrogens (tertiary/aromatic N) is 2. The Bertz CT molecular complexity index is 1940. The minimum Gasteiger partial charge on any atom is -0.458 e. The van der Waals surface area contributed by atoms with E-state index in [1.54, 1.807) is 17.6 Å². The van der Waals surface area contributed by atoms with Crippen molar-refractivity contribution in [3.05, 3.63) is 123 Å². The molecule has 4 heterocycles. The molecule has 2 aromatic carbocycles. The molecule has 194 valence electrons. The van der Waals surface area contributed by atoms with Crippen LogP contribution in [0.3, 0.4) is 0 Å². The Kier molecular flexibility index (Phi) is 6.90. The molecule has 1 aliphatic heterocycles. The minimum atomic E-state index is -0.718. The summed E-state index contributed by atoms with van der Waals surface area (Å²) in [5, 5.41) is 0. The zero-order valence-electron chi connectivity index (χ0n) is 20.8. The van der Waals surface area contributed by atoms with Crippen molar-refractivity contribution in [3.63, 3.8) is 0 Å². The van der Waals surface area contributed by atoms with E-state index >= 15 is 0 Å². The lowest BCUT2D eigenvalue weighted by molar-refractivity contribution is -0.114. The van der Waals surface area contributed by atoms with Crippen molar-refractivity contribution in [2.24, 2.45) is 4.99 Å². The quantitative estimate of drug-likeness (QED) is 0.190. The SMILES string of the molecule is CC(=O)C1=C(C)N=c2s/c(=C/c3ccc(-c4ccc(I)cc4)o3)c(=O)n2[C@H]1c1ccc(-c2ccc(Br)cc2)o1. The standard InChI is InChI=1S/C30H20BrIN2O4S/c1-16-27(17(2)35)28(25-14-13-24(38-25)18-3-7-20(31)8-4-18)34-29(36)26(39-30(34)33-16)15-22-11-12-23(37-22)19-5-9-21(32)10-6-19/h3-15,28H,1-2H3/b26-15+/t28-/m0/s1. The number of carbonyl (C=O) groups excluding carboxylic acids is 1. The van der Waals surface area contributed by atoms with E-state index in [-0.39, 0.29) is 11.3 Å². The summed E-state index contributed by atoms with van der Waals surface area (Å²) < 4.78 is 16.4. The molecule has 0 saturated carbocycles. The monoisotopic (exact) mass is 710 g/mol. The van der Waals surface area contributed by atoms with Crippen molar-refractivity contribution in [2.45, 2.75) is 19.9 Å². The molecule has 0 N–H and O–H groups in total. The highest BCUT2D eigenvalue weighted by atomic mass is 127. The second-order valence-corrected chi connectivity index (χ2v) is 12.2. The van der Waals surface area contributed by atoms with Crippen LogP contribution >= 0.6 is 49.9 Å². The van der Waals surface area contributed by atoms with Crippen LogP contribution in [0, 0.1) is 3.57 Å². The third-order valence-electron chi connectivity index (χ3n) is 6.45. The summed E-state index contributed by atoms with van der Waals surface area (Å²) in [7, 11) is 0. The molecule has 3 aromatic heterocycles. The zero-order chi connectivity index (χ0) is 27.3. The van der Waals surface area contributed by atoms with Gasteiger partial charge in [0.15, 0.2) is 10.6 Å². The van der Waals surface area contributed by atoms with E-state index in [9.17, 15) is 9.59 Å². The smallest absolute Gasteiger partial charge is 0.271 e. The molecular formula is C30H20BrIN2O4S. The van der Waals surface area contributed by atoms with Crippen LogP contribution in [0.1, 0.15) is 31.4 Å². The third-order valence-corrected chi connectivity index (χ3v) is 8.69. The number of fused-ring (bicyclic) bond motifs is 1. The van der Waals surface area contributed by atoms with Crippen molar-refractivity contribution >= 4 is 61.7 Å². The lowest BCUT2D eigenvalue weighted by Crippen LogP contribution is -2.39. The summed E-state index contributed by atoms with van der Waals surface area (Å²) in [5.74, 6) is 2.26. The molecule has 1 atom stereocenters. The van der Waals surface area contributed by atoms with Crippen LogP contribution < -0.4 is 14.9 Å². The summed E-state index contributed by atoms with van der Waals surface area (Å²) in [6.07, 6.45) is 1.72. The van der Waals surface area contributed by atoms with Crippen molar-refractivity contribution in [1.82, 2.24) is 4.57 Å². The van der Waals surface area contributed by atoms with E-state index in [0.29, 0.717) is 43.6 Å². The van der Waals surface area contributed by atoms with Gasteiger partial charge in [0.25, 0.3) is 5.56 Å². The highest BCUT2D eigenvalue weighted by Crippen LogP contribution is 2.34. The minimum absolute atomic E-state index is 0.162. The predicted molar refractivity (Wildman–Crippen MR) is 163 cm³/mol. The van der Waals surface area contributed by atoms with Gasteiger partial charge in [-0.25, -0.2) is 4.99 Å². The van der Waals surface area contributed by atoms with Gasteiger partial charge in [-0.3, -0.25) is 14.2 Å². The number of thiazole rings is 1. The molecule has 0 bridgehead atoms. The van der Waals surface area contributed by atoms with Crippen molar-refractivity contribution in [2.75, 3.05) is 0 Å². The second-order valence-electron chi connectivity index (χ2n) is 9.06. The molecule has 6 rings (SSSR count). The van der Waals surface area contributed by atoms with Crippen LogP contribution in [-0.2, 0) is 4.79 Å². The summed E-state index contributed by atoms with van der Waals surface area (Å²) in [4.78, 5) is 31.7. The maximum absolute atomic E-state index is 13.8. The van der Waals surface area contributed by atoms with E-state index in [4.69, 9.17) is 8.83 Å². The zero-order valence-corrected chi connectivity index (χ0v) is 25.3. The highest BCUT2D eigenvalue weighted by Gasteiger charge is 2.33. The molecule has 0 saturated heterocycles. The van der Waals surface area contributed by atoms with E-state index < -0.39 is 6.04 Å². The molecule has 6 nitrogen and oxygen atoms in total. The van der Waals surface area contributed by atoms with Gasteiger partial charge in [0.05, 0.1) is 4.53 Å². The number of Topliss-reactive ketones (excluding diaryl/α,β-unsaturated/α-hetero) is 1. The first-order chi connectivity index (χ1) is 18.8. The van der Waals surface area contributed by atoms with Gasteiger partial charge in [-0.1, -0.05) is 51.5 Å². The fraction of sp³-hybridized carbons (Fsp3) is 0.100. The molecule has 0 aliphatic carbocycles. The van der Waals surface area contributed by atoms with Gasteiger partial charge >= 0.3 is 0 Å². The Balaban J connectivity index is 1.45. The molecule has 0 fully saturated rings. The molecule has 0 radical (unpaired) electrons. The van der Waals surface area contributed by atoms with Gasteiger partial charge in [-0.05, 0) is 85.0 Å². The number of halogens is 2. The predicted octanol–water partition coefficient (Wildman–Crippen LogP) is 6.71. The van der Waals surface area contributed by atoms with Crippen LogP contribution in [0.4, 0.5) is 0 Å². The van der Waals surface area contributed by atoms with Crippen molar-refractivity contribution in [3.8, 4) is 22.6 Å². The molecule has 0 unspecified atom stereocenters. The van der Waals surface area contributed by atoms with Gasteiger partial charge in [0.1, 0.15) is 29.1 Å². The van der Waals surface area contributed by atoms with E-state index in [1.807, 2.05) is 72.8 Å². The Morgan fingerprint density at radius 1 is 0.974 bits per heavy atom. The number of rotatable bonds is 5. The van der Waals surface area contributed by atoms with Crippen molar-refractivity contribution in [1.29, 1.82) is 0 Å². The first-order valence-corrected chi connectivity index (χ1v) is 14.7. The summed E-state index contributed by atoms with van der Waals surface area (Å²) in [6.45, 7) is 3.28. The molecule has 39 heavy (non-hydrogen) atoms. The maximum atomic E-state index is 13.8. The summed E-state index contributed by atoms with van der Waals surface area (Å²) in [6, 6.07) is 22.5. The number of hydrogen-bond donors (Lipinski definition) is 0. The normalized spacial score (nSPS) is 15.4. The largest absolute Gasteiger partial charge is 0.458 e. The fourth-order valence-electron chi connectivity index (χ4n) is 4.64. The fourth-order valence-corrected chi connectivity index (χ4v) is 6.29. The Hall–Kier alpha value is -3.28. The third kappa shape index (κ3) is 4.94. The number of allylic oxidation sites excluding steroid dienone is 2. The highest BCUT2D eigenvalue weighted by molar-refractivity contribution is 14.1. The summed E-state index contributed by atoms with van der Waals surface area (Å²) in [5.41, 5.74) is 2.59. The van der Waals surface area contributed by atoms with Gasteiger partial charge < -0.3 is 8.83 Å². The van der Waals surface area contributed by atoms with Gasteiger partial charge in [0.2, 0.25) is 0 Å². The van der Waals surface area contributed by atoms with Crippen molar-refractivity contribution < 1.29 is 13.6 Å². The summed E-state index contributed by atoms with van der Waals surface area (Å²) >= 11 is 6.97. The maximum Gasteiger partial charge on any atom is 0.271 e. The molecule has 9 heteroatoms. The lowest BCUT2D eigenvalue weighted by Gasteiger charge is -2.22. The Morgan fingerprint density at radius 2 is 1.62 bits per heavy atom. The lowest BCUT2D eigenvalue weighted by atomic mass is 9.98. The topological polar surface area (TPSA) is 77.7 Å². The second kappa shape index (κ2) is 10.4. The number of hydrogen-bond acceptors (Lipinski definition) is 6. The van der Waals surface area contributed by atoms with E-state index in [0.717, 1.165) is 19.2 Å². The van der Waals surface area contributed by atoms with Crippen LogP contribution in [0.2, 0.25) is 0 Å². The Labute approximate surface area is 249 Å². The van der Waals surface area contributed by atoms with Gasteiger partial charge in [-0.2, -0.15) is 0 Å². The first kappa shape index (κ1) is 26.0. The van der Waals surface area contributed by atoms with Crippen LogP contribution in [0.15, 0.2) is 107 Å². The average molecular weight is 711 g/mol. The number of benzene rings is 2. The average Bonchev–Trinajstić information content (AvgIpc) is 3.64. The van der Waals surface area contributed by atoms with Crippen LogP contribution in [0.25, 0.3) is 28.7 Å². The van der Waals surface area contributed by atoms with Crippen LogP contribution in [-0.4, -0.2) is 10.4 Å². The van der Waals surface area contributed by atoms with Gasteiger partial charge in [0, 0.05) is 36.5 Å². The number of ketones is 1. The van der Waals surface area contributed by atoms with Gasteiger partial charge in [-0.15, -0.1) is 0 Å². The van der Waals surface area contributed by atoms with Crippen LogP contribution in [0.5, 0.6) is 0 Å². The van der Waals surface area contributed by atoms with E-state index in [2.05, 4.69) is 43.5 Å². The number of carbonyl (C=O) groups is 1. The molecule has 1 aliphatic rings. The first-order valence-electron chi connectivity index (χ1n) is 12.0. The molecular weight excluding hydrogens is 691 g/mol. The van der Waals surface area contributed by atoms with E-state index in [1.165, 1.54) is 18.3 Å². The molecule has 0 spiro atoms. The molecule has 5 aromatic rings. The number of aromatic nitrogens is 1. The molecule has 0 amide bonds.